The lowest BCUT2D eigenvalue weighted by molar-refractivity contribution is 0.483. The second-order valence-electron chi connectivity index (χ2n) is 3.81. The second-order valence-corrected chi connectivity index (χ2v) is 9.10. The molecule has 6 heteroatoms. The normalized spacial score (nSPS) is 11.8. The summed E-state index contributed by atoms with van der Waals surface area (Å²) in [5.74, 6) is 1.71. The van der Waals surface area contributed by atoms with Crippen LogP contribution < -0.4 is 9.92 Å². The molecule has 0 atom stereocenters. The van der Waals surface area contributed by atoms with Gasteiger partial charge in [-0.3, -0.25) is 0 Å². The first-order valence-electron chi connectivity index (χ1n) is 5.77. The molecule has 0 aliphatic rings. The Morgan fingerprint density at radius 1 is 0.833 bits per heavy atom. The Kier molecular flexibility index (Phi) is 5.37. The quantitative estimate of drug-likeness (QED) is 0.531. The van der Waals surface area contributed by atoms with Crippen molar-refractivity contribution in [2.75, 3.05) is 0 Å². The van der Waals surface area contributed by atoms with Crippen molar-refractivity contribution in [1.82, 2.24) is 0 Å². The molecule has 0 fully saturated rings. The topological polar surface area (TPSA) is 27.7 Å². The van der Waals surface area contributed by atoms with E-state index >= 15 is 0 Å². The van der Waals surface area contributed by atoms with Crippen molar-refractivity contribution in [1.29, 1.82) is 0 Å². The highest BCUT2D eigenvalue weighted by atomic mass is 28.3. The molecular weight excluding hydrogens is 276 g/mol. The van der Waals surface area contributed by atoms with Crippen molar-refractivity contribution in [2.45, 2.75) is 0 Å². The number of ether oxygens (including phenoxy) is 1. The van der Waals surface area contributed by atoms with Crippen molar-refractivity contribution in [3.8, 4) is 11.5 Å². The minimum Gasteiger partial charge on any atom is -0.457 e. The lowest BCUT2D eigenvalue weighted by atomic mass is 10.3. The zero-order valence-electron chi connectivity index (χ0n) is 10.3. The molecule has 0 heterocycles. The maximum Gasteiger partial charge on any atom is 0.283 e. The second kappa shape index (κ2) is 7.29. The van der Waals surface area contributed by atoms with Crippen LogP contribution in [0, 0.1) is 0 Å². The van der Waals surface area contributed by atoms with Crippen LogP contribution in [-0.2, 0) is 8.23 Å². The summed E-state index contributed by atoms with van der Waals surface area (Å²) in [7, 11) is -0.503. The van der Waals surface area contributed by atoms with Gasteiger partial charge in [0.05, 0.1) is 0 Å². The molecule has 18 heavy (non-hydrogen) atoms. The van der Waals surface area contributed by atoms with E-state index in [1.807, 2.05) is 42.5 Å². The zero-order chi connectivity index (χ0) is 12.6. The van der Waals surface area contributed by atoms with Gasteiger partial charge in [-0.25, -0.2) is 0 Å². The van der Waals surface area contributed by atoms with Crippen molar-refractivity contribution < 1.29 is 13.0 Å². The fourth-order valence-corrected chi connectivity index (χ4v) is 5.39. The zero-order valence-corrected chi connectivity index (χ0v) is 15.2. The van der Waals surface area contributed by atoms with Gasteiger partial charge in [0.25, 0.3) is 10.0 Å². The fraction of sp³-hybridized carbons (Fsp3) is 0. The molecule has 0 saturated heterocycles. The van der Waals surface area contributed by atoms with Crippen LogP contribution in [0.25, 0.3) is 0 Å². The van der Waals surface area contributed by atoms with E-state index in [9.17, 15) is 0 Å². The fourth-order valence-electron chi connectivity index (χ4n) is 1.52. The Hall–Kier alpha value is -1.19. The molecule has 0 amide bonds. The Bertz CT molecular complexity index is 462. The summed E-state index contributed by atoms with van der Waals surface area (Å²) < 4.78 is 16.4. The van der Waals surface area contributed by atoms with Crippen LogP contribution in [0.2, 0.25) is 0 Å². The third kappa shape index (κ3) is 4.24. The van der Waals surface area contributed by atoms with Crippen LogP contribution in [0.3, 0.4) is 0 Å². The summed E-state index contributed by atoms with van der Waals surface area (Å²) in [5.41, 5.74) is 0. The minimum absolute atomic E-state index is 0.605. The van der Waals surface area contributed by atoms with Crippen molar-refractivity contribution >= 4 is 35.4 Å². The predicted octanol–water partition coefficient (Wildman–Crippen LogP) is -0.500. The van der Waals surface area contributed by atoms with E-state index in [1.54, 1.807) is 0 Å². The predicted molar refractivity (Wildman–Crippen MR) is 81.8 cm³/mol. The average molecular weight is 293 g/mol. The Morgan fingerprint density at radius 2 is 1.50 bits per heavy atom. The van der Waals surface area contributed by atoms with Gasteiger partial charge in [-0.1, -0.05) is 30.3 Å². The van der Waals surface area contributed by atoms with Gasteiger partial charge >= 0.3 is 0 Å². The summed E-state index contributed by atoms with van der Waals surface area (Å²) >= 11 is 0. The molecule has 94 valence electrons. The summed E-state index contributed by atoms with van der Waals surface area (Å²) in [6.07, 6.45) is 0. The third-order valence-electron chi connectivity index (χ3n) is 2.37. The number of rotatable bonds is 6. The van der Waals surface area contributed by atoms with Crippen molar-refractivity contribution in [2.24, 2.45) is 0 Å². The van der Waals surface area contributed by atoms with Gasteiger partial charge in [0, 0.05) is 0 Å². The minimum atomic E-state index is -0.687. The highest BCUT2D eigenvalue weighted by molar-refractivity contribution is 6.53. The number of benzene rings is 2. The van der Waals surface area contributed by atoms with Gasteiger partial charge in [-0.05, 0) is 29.5 Å². The molecule has 0 radical (unpaired) electrons. The lowest BCUT2D eigenvalue weighted by Gasteiger charge is -2.06. The van der Waals surface area contributed by atoms with Crippen molar-refractivity contribution in [3.63, 3.8) is 0 Å². The average Bonchev–Trinajstić information content (AvgIpc) is 2.42. The Balaban J connectivity index is 1.91. The van der Waals surface area contributed by atoms with Gasteiger partial charge < -0.3 is 13.0 Å². The lowest BCUT2D eigenvalue weighted by Crippen LogP contribution is -2.19. The summed E-state index contributed by atoms with van der Waals surface area (Å²) in [4.78, 5) is 0. The first kappa shape index (κ1) is 13.2. The molecule has 2 rings (SSSR count). The number of hydrogen-bond donors (Lipinski definition) is 0. The monoisotopic (exact) mass is 292 g/mol. The molecule has 2 aromatic rings. The summed E-state index contributed by atoms with van der Waals surface area (Å²) in [6.45, 7) is 0. The maximum atomic E-state index is 5.72. The van der Waals surface area contributed by atoms with Crippen molar-refractivity contribution in [3.05, 3.63) is 54.6 Å². The molecule has 0 spiro atoms. The molecule has 2 aromatic carbocycles. The molecule has 3 nitrogen and oxygen atoms in total. The first-order valence-corrected chi connectivity index (χ1v) is 9.02. The molecule has 0 aromatic heterocycles. The van der Waals surface area contributed by atoms with E-state index in [2.05, 4.69) is 12.1 Å². The van der Waals surface area contributed by atoms with Gasteiger partial charge in [0.15, 0.2) is 9.76 Å². The largest absolute Gasteiger partial charge is 0.457 e. The molecule has 0 N–H and O–H groups in total. The maximum absolute atomic E-state index is 5.72. The van der Waals surface area contributed by atoms with Crippen LogP contribution in [0.5, 0.6) is 11.5 Å². The van der Waals surface area contributed by atoms with Crippen LogP contribution >= 0.6 is 0 Å². The number of para-hydroxylation sites is 1. The molecule has 0 bridgehead atoms. The van der Waals surface area contributed by atoms with E-state index in [1.165, 1.54) is 5.19 Å². The SMILES string of the molecule is [SiH3]O[SiH2]O[SiH2]c1ccc(Oc2ccccc2)cc1. The van der Waals surface area contributed by atoms with E-state index in [4.69, 9.17) is 13.0 Å². The van der Waals surface area contributed by atoms with E-state index in [-0.39, 0.29) is 0 Å². The first-order chi connectivity index (χ1) is 8.88. The van der Waals surface area contributed by atoms with Gasteiger partial charge in [0.1, 0.15) is 22.0 Å². The Morgan fingerprint density at radius 3 is 2.17 bits per heavy atom. The van der Waals surface area contributed by atoms with Gasteiger partial charge in [0.2, 0.25) is 0 Å². The molecule has 0 saturated carbocycles. The van der Waals surface area contributed by atoms with Crippen LogP contribution in [0.1, 0.15) is 0 Å². The van der Waals surface area contributed by atoms with E-state index in [0.717, 1.165) is 22.0 Å². The molecule has 0 aliphatic carbocycles. The van der Waals surface area contributed by atoms with Crippen LogP contribution in [0.4, 0.5) is 0 Å². The third-order valence-corrected chi connectivity index (χ3v) is 5.60. The highest BCUT2D eigenvalue weighted by Gasteiger charge is 1.98. The van der Waals surface area contributed by atoms with Crippen LogP contribution in [-0.4, -0.2) is 30.3 Å². The van der Waals surface area contributed by atoms with Gasteiger partial charge in [-0.2, -0.15) is 0 Å². The summed E-state index contributed by atoms with van der Waals surface area (Å²) in [5, 5.41) is 1.28. The molecule has 0 unspecified atom stereocenters. The Labute approximate surface area is 115 Å². The summed E-state index contributed by atoms with van der Waals surface area (Å²) in [6, 6.07) is 17.9. The smallest absolute Gasteiger partial charge is 0.283 e. The molecule has 0 aliphatic heterocycles. The highest BCUT2D eigenvalue weighted by Crippen LogP contribution is 2.19. The van der Waals surface area contributed by atoms with Gasteiger partial charge in [-0.15, -0.1) is 0 Å². The molecular formula is C12H16O3Si3. The van der Waals surface area contributed by atoms with E-state index < -0.39 is 19.8 Å². The standard InChI is InChI=1S/C12H16O3Si3/c16-14-18-15-17-12-8-6-11(7-9-12)13-10-4-2-1-3-5-10/h1-9H,17-18H2,16H3. The van der Waals surface area contributed by atoms with Crippen LogP contribution in [0.15, 0.2) is 54.6 Å². The van der Waals surface area contributed by atoms with E-state index in [0.29, 0.717) is 0 Å². The number of hydrogen-bond acceptors (Lipinski definition) is 3.